The molecule has 2 aromatic rings. The van der Waals surface area contributed by atoms with E-state index < -0.39 is 6.10 Å². The lowest BCUT2D eigenvalue weighted by molar-refractivity contribution is -0.126. The van der Waals surface area contributed by atoms with Gasteiger partial charge in [0.1, 0.15) is 5.75 Å². The molecule has 0 aromatic heterocycles. The summed E-state index contributed by atoms with van der Waals surface area (Å²) in [7, 11) is 1.59. The molecule has 1 unspecified atom stereocenters. The van der Waals surface area contributed by atoms with Crippen LogP contribution in [0.15, 0.2) is 48.5 Å². The van der Waals surface area contributed by atoms with Crippen molar-refractivity contribution >= 4 is 17.5 Å². The summed E-state index contributed by atoms with van der Waals surface area (Å²) in [6, 6.07) is 14.7. The summed E-state index contributed by atoms with van der Waals surface area (Å²) in [6.45, 7) is 2.71. The van der Waals surface area contributed by atoms with Crippen LogP contribution in [0.25, 0.3) is 0 Å². The molecule has 25 heavy (non-hydrogen) atoms. The fourth-order valence-corrected chi connectivity index (χ4v) is 3.05. The van der Waals surface area contributed by atoms with Crippen LogP contribution in [0.2, 0.25) is 0 Å². The van der Waals surface area contributed by atoms with Crippen molar-refractivity contribution in [3.05, 3.63) is 59.7 Å². The number of anilines is 1. The average Bonchev–Trinajstić information content (AvgIpc) is 2.64. The third kappa shape index (κ3) is 3.65. The lowest BCUT2D eigenvalue weighted by Crippen LogP contribution is -2.47. The molecule has 2 amide bonds. The minimum Gasteiger partial charge on any atom is -0.481 e. The Labute approximate surface area is 147 Å². The fraction of sp³-hybridized carbons (Fsp3) is 0.300. The van der Waals surface area contributed by atoms with E-state index >= 15 is 0 Å². The van der Waals surface area contributed by atoms with Crippen molar-refractivity contribution in [2.24, 2.45) is 0 Å². The van der Waals surface area contributed by atoms with Crippen LogP contribution >= 0.6 is 0 Å². The predicted molar refractivity (Wildman–Crippen MR) is 97.0 cm³/mol. The molecule has 1 atom stereocenters. The number of hydrogen-bond acceptors (Lipinski definition) is 3. The van der Waals surface area contributed by atoms with Crippen LogP contribution in [0.5, 0.6) is 5.75 Å². The van der Waals surface area contributed by atoms with E-state index in [1.807, 2.05) is 36.1 Å². The van der Waals surface area contributed by atoms with Gasteiger partial charge in [-0.15, -0.1) is 0 Å². The molecule has 1 aliphatic rings. The largest absolute Gasteiger partial charge is 0.481 e. The molecule has 1 fully saturated rings. The number of ether oxygens (including phenoxy) is 1. The summed E-state index contributed by atoms with van der Waals surface area (Å²) in [5, 5.41) is 2.58. The zero-order valence-corrected chi connectivity index (χ0v) is 14.5. The third-order valence-electron chi connectivity index (χ3n) is 4.42. The van der Waals surface area contributed by atoms with Crippen molar-refractivity contribution in [1.82, 2.24) is 5.32 Å². The van der Waals surface area contributed by atoms with Crippen LogP contribution in [0.1, 0.15) is 28.8 Å². The maximum atomic E-state index is 12.8. The Kier molecular flexibility index (Phi) is 5.03. The van der Waals surface area contributed by atoms with Crippen molar-refractivity contribution in [3.8, 4) is 5.75 Å². The first-order valence-electron chi connectivity index (χ1n) is 8.46. The van der Waals surface area contributed by atoms with Crippen molar-refractivity contribution in [3.63, 3.8) is 0 Å². The predicted octanol–water partition coefficient (Wildman–Crippen LogP) is 2.93. The number of amides is 2. The number of rotatable bonds is 4. The highest BCUT2D eigenvalue weighted by Crippen LogP contribution is 2.26. The minimum atomic E-state index is -0.501. The molecule has 1 aliphatic heterocycles. The van der Waals surface area contributed by atoms with Crippen LogP contribution in [-0.4, -0.2) is 31.5 Å². The van der Waals surface area contributed by atoms with Gasteiger partial charge in [-0.3, -0.25) is 9.59 Å². The Hall–Kier alpha value is -2.82. The minimum absolute atomic E-state index is 0.0177. The molecular formula is C20H22N2O3. The van der Waals surface area contributed by atoms with Gasteiger partial charge in [0.15, 0.2) is 6.10 Å². The van der Waals surface area contributed by atoms with E-state index in [1.54, 1.807) is 31.3 Å². The Balaban J connectivity index is 1.73. The van der Waals surface area contributed by atoms with Crippen LogP contribution in [0.4, 0.5) is 5.69 Å². The first-order chi connectivity index (χ1) is 12.1. The maximum absolute atomic E-state index is 12.8. The van der Waals surface area contributed by atoms with Crippen LogP contribution in [0.3, 0.4) is 0 Å². The number of aryl methyl sites for hydroxylation is 1. The van der Waals surface area contributed by atoms with Gasteiger partial charge in [-0.1, -0.05) is 18.2 Å². The van der Waals surface area contributed by atoms with Gasteiger partial charge in [0.2, 0.25) is 0 Å². The van der Waals surface area contributed by atoms with Crippen LogP contribution < -0.4 is 15.0 Å². The maximum Gasteiger partial charge on any atom is 0.268 e. The number of carbonyl (C=O) groups excluding carboxylic acids is 2. The summed E-state index contributed by atoms with van der Waals surface area (Å²) in [5.74, 6) is 0.430. The number of para-hydroxylation sites is 1. The van der Waals surface area contributed by atoms with E-state index in [9.17, 15) is 9.59 Å². The monoisotopic (exact) mass is 338 g/mol. The second-order valence-corrected chi connectivity index (χ2v) is 6.13. The summed E-state index contributed by atoms with van der Waals surface area (Å²) in [4.78, 5) is 26.2. The number of hydrogen-bond donors (Lipinski definition) is 1. The van der Waals surface area contributed by atoms with Gasteiger partial charge in [-0.25, -0.2) is 0 Å². The smallest absolute Gasteiger partial charge is 0.268 e. The molecule has 0 bridgehead atoms. The molecule has 3 rings (SSSR count). The highest BCUT2D eigenvalue weighted by atomic mass is 16.5. The molecule has 0 spiro atoms. The second kappa shape index (κ2) is 7.38. The highest BCUT2D eigenvalue weighted by Gasteiger charge is 2.31. The van der Waals surface area contributed by atoms with Gasteiger partial charge in [-0.05, 0) is 55.7 Å². The summed E-state index contributed by atoms with van der Waals surface area (Å²) in [5.41, 5.74) is 2.58. The van der Waals surface area contributed by atoms with Crippen molar-refractivity contribution in [2.45, 2.75) is 25.9 Å². The summed E-state index contributed by atoms with van der Waals surface area (Å²) in [6.07, 6.45) is 1.08. The van der Waals surface area contributed by atoms with E-state index in [0.717, 1.165) is 17.7 Å². The summed E-state index contributed by atoms with van der Waals surface area (Å²) < 4.78 is 5.90. The molecule has 5 nitrogen and oxygen atoms in total. The topological polar surface area (TPSA) is 58.6 Å². The Morgan fingerprint density at radius 2 is 1.88 bits per heavy atom. The van der Waals surface area contributed by atoms with Gasteiger partial charge in [-0.2, -0.15) is 0 Å². The van der Waals surface area contributed by atoms with Crippen molar-refractivity contribution < 1.29 is 14.3 Å². The molecule has 130 valence electrons. The zero-order chi connectivity index (χ0) is 17.8. The SMILES string of the molecule is CNC(=O)c1ccc(OC2CCCN(c3ccccc3C)C2=O)cc1. The second-order valence-electron chi connectivity index (χ2n) is 6.13. The van der Waals surface area contributed by atoms with Crippen LogP contribution in [-0.2, 0) is 4.79 Å². The number of nitrogens with one attached hydrogen (secondary N) is 1. The lowest BCUT2D eigenvalue weighted by atomic mass is 10.0. The summed E-state index contributed by atoms with van der Waals surface area (Å²) >= 11 is 0. The number of nitrogens with zero attached hydrogens (tertiary/aromatic N) is 1. The van der Waals surface area contributed by atoms with Crippen molar-refractivity contribution in [2.75, 3.05) is 18.5 Å². The molecule has 1 heterocycles. The molecule has 0 radical (unpaired) electrons. The van der Waals surface area contributed by atoms with Crippen LogP contribution in [0, 0.1) is 6.92 Å². The molecule has 2 aromatic carbocycles. The number of piperidine rings is 1. The van der Waals surface area contributed by atoms with E-state index in [4.69, 9.17) is 4.74 Å². The Morgan fingerprint density at radius 1 is 1.16 bits per heavy atom. The molecule has 0 aliphatic carbocycles. The van der Waals surface area contributed by atoms with Gasteiger partial charge in [0.25, 0.3) is 11.8 Å². The average molecular weight is 338 g/mol. The van der Waals surface area contributed by atoms with E-state index in [1.165, 1.54) is 0 Å². The lowest BCUT2D eigenvalue weighted by Gasteiger charge is -2.33. The number of carbonyl (C=O) groups is 2. The van der Waals surface area contributed by atoms with E-state index in [2.05, 4.69) is 5.32 Å². The standard InChI is InChI=1S/C20H22N2O3/c1-14-6-3-4-7-17(14)22-13-5-8-18(20(22)24)25-16-11-9-15(10-12-16)19(23)21-2/h3-4,6-7,9-12,18H,5,8,13H2,1-2H3,(H,21,23). The zero-order valence-electron chi connectivity index (χ0n) is 14.5. The van der Waals surface area contributed by atoms with Gasteiger partial charge in [0.05, 0.1) is 0 Å². The first-order valence-corrected chi connectivity index (χ1v) is 8.46. The Morgan fingerprint density at radius 3 is 2.56 bits per heavy atom. The van der Waals surface area contributed by atoms with E-state index in [-0.39, 0.29) is 11.8 Å². The molecule has 1 N–H and O–H groups in total. The van der Waals surface area contributed by atoms with Gasteiger partial charge in [0, 0.05) is 24.8 Å². The van der Waals surface area contributed by atoms with Gasteiger partial charge >= 0.3 is 0 Å². The Bertz CT molecular complexity index is 771. The highest BCUT2D eigenvalue weighted by molar-refractivity contribution is 5.98. The third-order valence-corrected chi connectivity index (χ3v) is 4.42. The van der Waals surface area contributed by atoms with Crippen molar-refractivity contribution in [1.29, 1.82) is 0 Å². The molecule has 1 saturated heterocycles. The number of benzene rings is 2. The quantitative estimate of drug-likeness (QED) is 0.932. The fourth-order valence-electron chi connectivity index (χ4n) is 3.05. The molecular weight excluding hydrogens is 316 g/mol. The molecule has 0 saturated carbocycles. The van der Waals surface area contributed by atoms with E-state index in [0.29, 0.717) is 24.3 Å². The molecule has 5 heteroatoms. The first kappa shape index (κ1) is 17.0. The normalized spacial score (nSPS) is 17.3. The van der Waals surface area contributed by atoms with Gasteiger partial charge < -0.3 is 15.0 Å².